The lowest BCUT2D eigenvalue weighted by molar-refractivity contribution is -0.143. The fraction of sp³-hybridized carbons (Fsp3) is 0.375. The Balaban J connectivity index is 1.60. The summed E-state index contributed by atoms with van der Waals surface area (Å²) in [6.07, 6.45) is 4.62. The summed E-state index contributed by atoms with van der Waals surface area (Å²) in [6, 6.07) is 23.2. The Kier molecular flexibility index (Phi) is 10.6. The van der Waals surface area contributed by atoms with Gasteiger partial charge in [0.1, 0.15) is 11.8 Å². The number of benzene rings is 3. The van der Waals surface area contributed by atoms with E-state index in [1.165, 1.54) is 5.56 Å². The molecule has 7 heteroatoms. The van der Waals surface area contributed by atoms with Crippen molar-refractivity contribution in [2.24, 2.45) is 0 Å². The van der Waals surface area contributed by atoms with Crippen LogP contribution in [0.4, 0.5) is 0 Å². The van der Waals surface area contributed by atoms with E-state index in [1.807, 2.05) is 72.8 Å². The molecule has 1 fully saturated rings. The molecule has 39 heavy (non-hydrogen) atoms. The molecule has 5 nitrogen and oxygen atoms in total. The van der Waals surface area contributed by atoms with Crippen molar-refractivity contribution >= 4 is 43.7 Å². The van der Waals surface area contributed by atoms with Crippen LogP contribution in [0.15, 0.2) is 81.7 Å². The number of nitrogens with one attached hydrogen (secondary N) is 1. The van der Waals surface area contributed by atoms with Crippen molar-refractivity contribution < 1.29 is 14.3 Å². The second-order valence-corrected chi connectivity index (χ2v) is 12.2. The summed E-state index contributed by atoms with van der Waals surface area (Å²) in [7, 11) is 0. The van der Waals surface area contributed by atoms with Gasteiger partial charge in [0, 0.05) is 23.5 Å². The lowest BCUT2D eigenvalue weighted by Crippen LogP contribution is -2.53. The molecule has 4 rings (SSSR count). The van der Waals surface area contributed by atoms with E-state index in [4.69, 9.17) is 4.74 Å². The molecule has 1 atom stereocenters. The zero-order chi connectivity index (χ0) is 27.8. The summed E-state index contributed by atoms with van der Waals surface area (Å²) in [6.45, 7) is 4.40. The van der Waals surface area contributed by atoms with Crippen LogP contribution in [0.2, 0.25) is 0 Å². The lowest BCUT2D eigenvalue weighted by Gasteiger charge is -2.32. The Bertz CT molecular complexity index is 1240. The van der Waals surface area contributed by atoms with Crippen molar-refractivity contribution in [2.45, 2.75) is 70.5 Å². The maximum atomic E-state index is 13.8. The Morgan fingerprint density at radius 1 is 0.949 bits per heavy atom. The van der Waals surface area contributed by atoms with Gasteiger partial charge < -0.3 is 15.0 Å². The largest absolute Gasteiger partial charge is 0.483 e. The maximum Gasteiger partial charge on any atom is 0.261 e. The average Bonchev–Trinajstić information content (AvgIpc) is 3.44. The van der Waals surface area contributed by atoms with E-state index >= 15 is 0 Å². The molecule has 3 aromatic carbocycles. The number of halogens is 2. The second kappa shape index (κ2) is 14.1. The van der Waals surface area contributed by atoms with Gasteiger partial charge in [-0.1, -0.05) is 91.1 Å². The van der Waals surface area contributed by atoms with Crippen molar-refractivity contribution in [3.05, 3.63) is 98.4 Å². The number of hydrogen-bond acceptors (Lipinski definition) is 3. The van der Waals surface area contributed by atoms with Gasteiger partial charge in [0.05, 0.1) is 4.47 Å². The molecule has 1 aliphatic carbocycles. The van der Waals surface area contributed by atoms with E-state index in [0.717, 1.165) is 45.8 Å². The number of ether oxygens (including phenoxy) is 1. The van der Waals surface area contributed by atoms with E-state index in [2.05, 4.69) is 51.0 Å². The standard InChI is InChI=1S/C32H36Br2N2O3/c1-22(2)25-14-17-30(28(34)19-25)39-21-31(37)36(20-24-12-15-26(33)16-13-24)29(18-23-8-4-3-5-9-23)32(38)35-27-10-6-7-11-27/h3-5,8-9,12-17,19,22,27,29H,6-7,10-11,18,20-21H2,1-2H3,(H,35,38)/t29-/m0/s1. The Morgan fingerprint density at radius 3 is 2.28 bits per heavy atom. The summed E-state index contributed by atoms with van der Waals surface area (Å²) < 4.78 is 7.77. The molecule has 0 saturated heterocycles. The van der Waals surface area contributed by atoms with Crippen molar-refractivity contribution in [1.29, 1.82) is 0 Å². The molecule has 0 aromatic heterocycles. The monoisotopic (exact) mass is 654 g/mol. The molecule has 3 aromatic rings. The lowest BCUT2D eigenvalue weighted by atomic mass is 10.0. The first-order valence-electron chi connectivity index (χ1n) is 13.6. The van der Waals surface area contributed by atoms with Gasteiger partial charge in [-0.25, -0.2) is 0 Å². The summed E-state index contributed by atoms with van der Waals surface area (Å²) in [5, 5.41) is 3.24. The predicted octanol–water partition coefficient (Wildman–Crippen LogP) is 7.41. The SMILES string of the molecule is CC(C)c1ccc(OCC(=O)N(Cc2ccc(Br)cc2)[C@@H](Cc2ccccc2)C(=O)NC2CCCC2)c(Br)c1. The van der Waals surface area contributed by atoms with Crippen molar-refractivity contribution in [1.82, 2.24) is 10.2 Å². The molecule has 2 amide bonds. The smallest absolute Gasteiger partial charge is 0.261 e. The molecule has 0 unspecified atom stereocenters. The van der Waals surface area contributed by atoms with Crippen LogP contribution in [-0.2, 0) is 22.6 Å². The first-order chi connectivity index (χ1) is 18.8. The zero-order valence-electron chi connectivity index (χ0n) is 22.5. The summed E-state index contributed by atoms with van der Waals surface area (Å²) in [4.78, 5) is 29.3. The molecule has 1 N–H and O–H groups in total. The highest BCUT2D eigenvalue weighted by Crippen LogP contribution is 2.29. The van der Waals surface area contributed by atoms with Crippen LogP contribution in [-0.4, -0.2) is 35.4 Å². The van der Waals surface area contributed by atoms with E-state index in [-0.39, 0.29) is 24.5 Å². The molecule has 0 heterocycles. The summed E-state index contributed by atoms with van der Waals surface area (Å²) in [5.74, 6) is 0.640. The second-order valence-electron chi connectivity index (χ2n) is 10.5. The third-order valence-corrected chi connectivity index (χ3v) is 8.36. The minimum atomic E-state index is -0.667. The van der Waals surface area contributed by atoms with Gasteiger partial charge in [0.15, 0.2) is 6.61 Å². The van der Waals surface area contributed by atoms with Crippen LogP contribution in [0.1, 0.15) is 62.1 Å². The third-order valence-electron chi connectivity index (χ3n) is 7.21. The molecule has 0 radical (unpaired) electrons. The molecule has 0 aliphatic heterocycles. The van der Waals surface area contributed by atoms with E-state index < -0.39 is 6.04 Å². The van der Waals surface area contributed by atoms with Gasteiger partial charge in [0.25, 0.3) is 5.91 Å². The van der Waals surface area contributed by atoms with Gasteiger partial charge >= 0.3 is 0 Å². The normalized spacial score (nSPS) is 14.3. The first kappa shape index (κ1) is 29.3. The van der Waals surface area contributed by atoms with Gasteiger partial charge in [-0.05, 0) is 75.6 Å². The van der Waals surface area contributed by atoms with Crippen molar-refractivity contribution in [3.63, 3.8) is 0 Å². The maximum absolute atomic E-state index is 13.8. The molecule has 0 bridgehead atoms. The number of carbonyl (C=O) groups is 2. The van der Waals surface area contributed by atoms with E-state index in [9.17, 15) is 9.59 Å². The molecular formula is C32H36Br2N2O3. The Hall–Kier alpha value is -2.64. The molecule has 1 saturated carbocycles. The topological polar surface area (TPSA) is 58.6 Å². The summed E-state index contributed by atoms with van der Waals surface area (Å²) in [5.41, 5.74) is 3.13. The van der Waals surface area contributed by atoms with Crippen molar-refractivity contribution in [3.8, 4) is 5.75 Å². The van der Waals surface area contributed by atoms with Gasteiger partial charge in [-0.3, -0.25) is 9.59 Å². The van der Waals surface area contributed by atoms with Crippen LogP contribution in [0.3, 0.4) is 0 Å². The number of hydrogen-bond donors (Lipinski definition) is 1. The quantitative estimate of drug-likeness (QED) is 0.234. The minimum Gasteiger partial charge on any atom is -0.483 e. The highest BCUT2D eigenvalue weighted by molar-refractivity contribution is 9.10. The zero-order valence-corrected chi connectivity index (χ0v) is 25.7. The van der Waals surface area contributed by atoms with Crippen LogP contribution >= 0.6 is 31.9 Å². The molecule has 1 aliphatic rings. The fourth-order valence-corrected chi connectivity index (χ4v) is 5.70. The van der Waals surface area contributed by atoms with Crippen LogP contribution < -0.4 is 10.1 Å². The molecule has 0 spiro atoms. The Morgan fingerprint density at radius 2 is 1.64 bits per heavy atom. The van der Waals surface area contributed by atoms with Crippen LogP contribution in [0, 0.1) is 0 Å². The van der Waals surface area contributed by atoms with Gasteiger partial charge in [-0.2, -0.15) is 0 Å². The van der Waals surface area contributed by atoms with E-state index in [0.29, 0.717) is 24.6 Å². The summed E-state index contributed by atoms with van der Waals surface area (Å²) >= 11 is 7.08. The minimum absolute atomic E-state index is 0.112. The predicted molar refractivity (Wildman–Crippen MR) is 163 cm³/mol. The Labute approximate surface area is 248 Å². The molecular weight excluding hydrogens is 620 g/mol. The first-order valence-corrected chi connectivity index (χ1v) is 15.2. The van der Waals surface area contributed by atoms with Crippen LogP contribution in [0.5, 0.6) is 5.75 Å². The third kappa shape index (κ3) is 8.42. The van der Waals surface area contributed by atoms with Gasteiger partial charge in [-0.15, -0.1) is 0 Å². The fourth-order valence-electron chi connectivity index (χ4n) is 4.92. The van der Waals surface area contributed by atoms with Crippen molar-refractivity contribution in [2.75, 3.05) is 6.61 Å². The van der Waals surface area contributed by atoms with E-state index in [1.54, 1.807) is 4.90 Å². The number of rotatable bonds is 11. The van der Waals surface area contributed by atoms with Gasteiger partial charge in [0.2, 0.25) is 5.91 Å². The highest BCUT2D eigenvalue weighted by atomic mass is 79.9. The number of nitrogens with zero attached hydrogens (tertiary/aromatic N) is 1. The number of carbonyl (C=O) groups excluding carboxylic acids is 2. The molecule has 206 valence electrons. The highest BCUT2D eigenvalue weighted by Gasteiger charge is 2.32. The number of amides is 2. The average molecular weight is 656 g/mol. The van der Waals surface area contributed by atoms with Crippen LogP contribution in [0.25, 0.3) is 0 Å².